The maximum Gasteiger partial charge on any atom is 0.223 e. The first-order valence-electron chi connectivity index (χ1n) is 9.85. The summed E-state index contributed by atoms with van der Waals surface area (Å²) in [6.07, 6.45) is 5.13. The molecule has 2 fully saturated rings. The fourth-order valence-corrected chi connectivity index (χ4v) is 4.14. The Morgan fingerprint density at radius 2 is 1.88 bits per heavy atom. The van der Waals surface area contributed by atoms with Crippen molar-refractivity contribution in [1.29, 1.82) is 0 Å². The van der Waals surface area contributed by atoms with E-state index in [1.165, 1.54) is 5.56 Å². The van der Waals surface area contributed by atoms with Crippen LogP contribution in [0.25, 0.3) is 0 Å². The molecule has 0 atom stereocenters. The summed E-state index contributed by atoms with van der Waals surface area (Å²) in [6.45, 7) is 7.99. The Morgan fingerprint density at radius 1 is 1.15 bits per heavy atom. The van der Waals surface area contributed by atoms with E-state index in [0.29, 0.717) is 26.1 Å². The molecule has 1 saturated carbocycles. The van der Waals surface area contributed by atoms with Crippen LogP contribution in [-0.2, 0) is 15.0 Å². The number of piperidine rings is 1. The van der Waals surface area contributed by atoms with Crippen LogP contribution in [-0.4, -0.2) is 36.3 Å². The lowest BCUT2D eigenvalue weighted by molar-refractivity contribution is -0.149. The van der Waals surface area contributed by atoms with Crippen LogP contribution in [0.15, 0.2) is 24.3 Å². The second-order valence-electron chi connectivity index (χ2n) is 8.88. The lowest BCUT2D eigenvalue weighted by Gasteiger charge is -2.37. The number of carbonyl (C=O) groups is 2. The van der Waals surface area contributed by atoms with E-state index in [4.69, 9.17) is 4.74 Å². The zero-order valence-corrected chi connectivity index (χ0v) is 16.3. The molecular weight excluding hydrogens is 326 g/mol. The molecule has 142 valence electrons. The molecule has 0 radical (unpaired) electrons. The smallest absolute Gasteiger partial charge is 0.223 e. The molecule has 0 aromatic heterocycles. The second-order valence-corrected chi connectivity index (χ2v) is 8.88. The molecule has 1 aromatic carbocycles. The van der Waals surface area contributed by atoms with E-state index in [2.05, 4.69) is 32.9 Å². The quantitative estimate of drug-likeness (QED) is 0.745. The molecule has 1 heterocycles. The molecule has 4 heteroatoms. The third-order valence-electron chi connectivity index (χ3n) is 5.87. The molecule has 1 amide bonds. The van der Waals surface area contributed by atoms with E-state index in [-0.39, 0.29) is 22.5 Å². The summed E-state index contributed by atoms with van der Waals surface area (Å²) in [4.78, 5) is 26.7. The minimum absolute atomic E-state index is 0.0934. The van der Waals surface area contributed by atoms with Crippen LogP contribution in [0.4, 0.5) is 0 Å². The van der Waals surface area contributed by atoms with Crippen LogP contribution in [0.1, 0.15) is 64.9 Å². The molecular formula is C22H31NO3. The fourth-order valence-electron chi connectivity index (χ4n) is 4.14. The Labute approximate surface area is 156 Å². The Hall–Kier alpha value is -1.84. The number of likely N-dealkylation sites (tertiary alicyclic amines) is 1. The van der Waals surface area contributed by atoms with E-state index in [1.54, 1.807) is 4.90 Å². The molecule has 3 rings (SSSR count). The van der Waals surface area contributed by atoms with Gasteiger partial charge in [-0.1, -0.05) is 45.7 Å². The van der Waals surface area contributed by atoms with Crippen LogP contribution in [0.2, 0.25) is 0 Å². The van der Waals surface area contributed by atoms with Gasteiger partial charge in [-0.05, 0) is 42.4 Å². The van der Waals surface area contributed by atoms with Crippen molar-refractivity contribution in [3.05, 3.63) is 29.8 Å². The summed E-state index contributed by atoms with van der Waals surface area (Å²) in [6, 6.07) is 8.18. The highest BCUT2D eigenvalue weighted by molar-refractivity contribution is 5.97. The van der Waals surface area contributed by atoms with Crippen LogP contribution in [0.5, 0.6) is 5.75 Å². The number of hydrogen-bond acceptors (Lipinski definition) is 3. The number of rotatable bonds is 5. The van der Waals surface area contributed by atoms with Gasteiger partial charge in [0.1, 0.15) is 5.75 Å². The summed E-state index contributed by atoms with van der Waals surface area (Å²) < 4.78 is 5.87. The SMILES string of the molecule is CC(C)(C)c1cccc(OCCCN2CC(=O)C3(CCCC3)CC2=O)c1. The molecule has 0 N–H and O–H groups in total. The summed E-state index contributed by atoms with van der Waals surface area (Å²) in [5.74, 6) is 1.28. The van der Waals surface area contributed by atoms with Gasteiger partial charge in [-0.25, -0.2) is 0 Å². The van der Waals surface area contributed by atoms with Crippen LogP contribution in [0.3, 0.4) is 0 Å². The number of nitrogens with zero attached hydrogens (tertiary/aromatic N) is 1. The number of benzene rings is 1. The Kier molecular flexibility index (Phi) is 5.40. The van der Waals surface area contributed by atoms with E-state index in [1.807, 2.05) is 12.1 Å². The van der Waals surface area contributed by atoms with Crippen molar-refractivity contribution in [3.63, 3.8) is 0 Å². The monoisotopic (exact) mass is 357 g/mol. The molecule has 1 saturated heterocycles. The van der Waals surface area contributed by atoms with Crippen molar-refractivity contribution in [2.24, 2.45) is 5.41 Å². The lowest BCUT2D eigenvalue weighted by atomic mass is 9.75. The third-order valence-corrected chi connectivity index (χ3v) is 5.87. The highest BCUT2D eigenvalue weighted by Gasteiger charge is 2.47. The number of carbonyl (C=O) groups excluding carboxylic acids is 2. The number of Topliss-reactive ketones (excluding diaryl/α,β-unsaturated/α-hetero) is 1. The van der Waals surface area contributed by atoms with Gasteiger partial charge in [0.2, 0.25) is 5.91 Å². The zero-order chi connectivity index (χ0) is 18.8. The Morgan fingerprint density at radius 3 is 2.58 bits per heavy atom. The minimum Gasteiger partial charge on any atom is -0.494 e. The van der Waals surface area contributed by atoms with Gasteiger partial charge < -0.3 is 9.64 Å². The van der Waals surface area contributed by atoms with Crippen molar-refractivity contribution in [3.8, 4) is 5.75 Å². The van der Waals surface area contributed by atoms with Gasteiger partial charge in [0, 0.05) is 18.4 Å². The predicted octanol–water partition coefficient (Wildman–Crippen LogP) is 4.11. The highest BCUT2D eigenvalue weighted by Crippen LogP contribution is 2.44. The highest BCUT2D eigenvalue weighted by atomic mass is 16.5. The number of hydrogen-bond donors (Lipinski definition) is 0. The average Bonchev–Trinajstić information content (AvgIpc) is 3.05. The molecule has 26 heavy (non-hydrogen) atoms. The van der Waals surface area contributed by atoms with Gasteiger partial charge in [0.25, 0.3) is 0 Å². The standard InChI is InChI=1S/C22H31NO3/c1-21(2,3)17-8-6-9-18(14-17)26-13-7-12-23-16-19(24)22(15-20(23)25)10-4-5-11-22/h6,8-9,14H,4-5,7,10-13,15-16H2,1-3H3. The second kappa shape index (κ2) is 7.42. The molecule has 0 unspecified atom stereocenters. The van der Waals surface area contributed by atoms with Crippen LogP contribution < -0.4 is 4.74 Å². The normalized spacial score (nSPS) is 20.0. The largest absolute Gasteiger partial charge is 0.494 e. The zero-order valence-electron chi connectivity index (χ0n) is 16.3. The van der Waals surface area contributed by atoms with Crippen molar-refractivity contribution < 1.29 is 14.3 Å². The number of amides is 1. The first kappa shape index (κ1) is 18.9. The van der Waals surface area contributed by atoms with Gasteiger partial charge in [-0.15, -0.1) is 0 Å². The van der Waals surface area contributed by atoms with Crippen LogP contribution in [0, 0.1) is 5.41 Å². The van der Waals surface area contributed by atoms with E-state index >= 15 is 0 Å². The molecule has 0 bridgehead atoms. The van der Waals surface area contributed by atoms with Crippen LogP contribution >= 0.6 is 0 Å². The van der Waals surface area contributed by atoms with Gasteiger partial charge in [0.05, 0.1) is 13.2 Å². The Balaban J connectivity index is 1.47. The summed E-state index contributed by atoms with van der Waals surface area (Å²) in [7, 11) is 0. The van der Waals surface area contributed by atoms with Crippen molar-refractivity contribution in [2.75, 3.05) is 19.7 Å². The van der Waals surface area contributed by atoms with E-state index < -0.39 is 0 Å². The fraction of sp³-hybridized carbons (Fsp3) is 0.636. The Bertz CT molecular complexity index is 668. The molecule has 1 aliphatic carbocycles. The van der Waals surface area contributed by atoms with Gasteiger partial charge in [0.15, 0.2) is 5.78 Å². The first-order chi connectivity index (χ1) is 12.3. The first-order valence-corrected chi connectivity index (χ1v) is 9.85. The summed E-state index contributed by atoms with van der Waals surface area (Å²) in [5, 5.41) is 0. The summed E-state index contributed by atoms with van der Waals surface area (Å²) >= 11 is 0. The maximum atomic E-state index is 12.5. The van der Waals surface area contributed by atoms with E-state index in [0.717, 1.165) is 37.9 Å². The maximum absolute atomic E-state index is 12.5. The molecule has 4 nitrogen and oxygen atoms in total. The van der Waals surface area contributed by atoms with Crippen molar-refractivity contribution in [1.82, 2.24) is 4.90 Å². The number of ketones is 1. The summed E-state index contributed by atoms with van der Waals surface area (Å²) in [5.41, 5.74) is 1.02. The van der Waals surface area contributed by atoms with E-state index in [9.17, 15) is 9.59 Å². The van der Waals surface area contributed by atoms with Crippen molar-refractivity contribution in [2.45, 2.75) is 64.7 Å². The molecule has 1 spiro atoms. The van der Waals surface area contributed by atoms with Gasteiger partial charge in [-0.2, -0.15) is 0 Å². The average molecular weight is 357 g/mol. The minimum atomic E-state index is -0.322. The molecule has 1 aromatic rings. The molecule has 2 aliphatic rings. The van der Waals surface area contributed by atoms with Gasteiger partial charge in [-0.3, -0.25) is 9.59 Å². The topological polar surface area (TPSA) is 46.6 Å². The third kappa shape index (κ3) is 4.11. The lowest BCUT2D eigenvalue weighted by Crippen LogP contribution is -2.50. The van der Waals surface area contributed by atoms with Gasteiger partial charge >= 0.3 is 0 Å². The predicted molar refractivity (Wildman–Crippen MR) is 102 cm³/mol. The number of ether oxygens (including phenoxy) is 1. The van der Waals surface area contributed by atoms with Crippen molar-refractivity contribution >= 4 is 11.7 Å². The molecule has 1 aliphatic heterocycles.